The lowest BCUT2D eigenvalue weighted by molar-refractivity contribution is -0.121. The van der Waals surface area contributed by atoms with Gasteiger partial charge in [0.15, 0.2) is 0 Å². The Hall–Kier alpha value is 0.230. The zero-order valence-electron chi connectivity index (χ0n) is 13.7. The molecule has 1 saturated carbocycles. The summed E-state index contributed by atoms with van der Waals surface area (Å²) >= 11 is 2.07. The molecule has 3 unspecified atom stereocenters. The molecule has 1 aliphatic carbocycles. The third-order valence-electron chi connectivity index (χ3n) is 5.83. The van der Waals surface area contributed by atoms with Gasteiger partial charge >= 0.3 is 0 Å². The predicted molar refractivity (Wildman–Crippen MR) is 89.0 cm³/mol. The summed E-state index contributed by atoms with van der Waals surface area (Å²) in [5.74, 6) is 3.17. The molecule has 3 atom stereocenters. The Bertz CT molecular complexity index is 338. The van der Waals surface area contributed by atoms with Crippen LogP contribution in [0.3, 0.4) is 0 Å². The maximum absolute atomic E-state index is 6.34. The quantitative estimate of drug-likeness (QED) is 0.844. The molecule has 3 aliphatic rings. The first-order valence-corrected chi connectivity index (χ1v) is 9.92. The van der Waals surface area contributed by atoms with Crippen LogP contribution in [0, 0.1) is 5.92 Å². The fourth-order valence-electron chi connectivity index (χ4n) is 4.95. The fraction of sp³-hybridized carbons (Fsp3) is 1.00. The van der Waals surface area contributed by atoms with Gasteiger partial charge in [-0.05, 0) is 57.7 Å². The van der Waals surface area contributed by atoms with Crippen molar-refractivity contribution in [1.29, 1.82) is 0 Å². The summed E-state index contributed by atoms with van der Waals surface area (Å²) < 4.78 is 12.6. The smallest absolute Gasteiger partial charge is 0.0837 e. The third-order valence-corrected chi connectivity index (χ3v) is 7.05. The number of hydrogen-bond donors (Lipinski definition) is 1. The van der Waals surface area contributed by atoms with Crippen LogP contribution in [0.5, 0.6) is 0 Å². The lowest BCUT2D eigenvalue weighted by Gasteiger charge is -2.47. The molecule has 2 saturated heterocycles. The van der Waals surface area contributed by atoms with Gasteiger partial charge in [0, 0.05) is 25.0 Å². The van der Waals surface area contributed by atoms with Gasteiger partial charge in [-0.25, -0.2) is 0 Å². The third kappa shape index (κ3) is 3.15. The van der Waals surface area contributed by atoms with Crippen molar-refractivity contribution < 1.29 is 9.47 Å². The monoisotopic (exact) mass is 313 g/mol. The Morgan fingerprint density at radius 2 is 2.14 bits per heavy atom. The Kier molecular flexibility index (Phi) is 5.19. The molecule has 2 heterocycles. The molecular weight excluding hydrogens is 282 g/mol. The van der Waals surface area contributed by atoms with E-state index < -0.39 is 0 Å². The molecule has 1 N–H and O–H groups in total. The second-order valence-electron chi connectivity index (χ2n) is 7.06. The number of ether oxygens (including phenoxy) is 2. The largest absolute Gasteiger partial charge is 0.374 e. The van der Waals surface area contributed by atoms with E-state index in [4.69, 9.17) is 9.47 Å². The Morgan fingerprint density at radius 3 is 2.76 bits per heavy atom. The van der Waals surface area contributed by atoms with Gasteiger partial charge < -0.3 is 14.8 Å². The lowest BCUT2D eigenvalue weighted by Crippen LogP contribution is -2.57. The fourth-order valence-corrected chi connectivity index (χ4v) is 6.33. The zero-order chi connectivity index (χ0) is 14.8. The molecule has 0 bridgehead atoms. The summed E-state index contributed by atoms with van der Waals surface area (Å²) in [6, 6.07) is 0.492. The Morgan fingerprint density at radius 1 is 1.33 bits per heavy atom. The van der Waals surface area contributed by atoms with Crippen molar-refractivity contribution >= 4 is 11.8 Å². The van der Waals surface area contributed by atoms with Crippen molar-refractivity contribution in [2.75, 3.05) is 31.8 Å². The van der Waals surface area contributed by atoms with Gasteiger partial charge in [-0.1, -0.05) is 12.8 Å². The Labute approximate surface area is 133 Å². The highest BCUT2D eigenvalue weighted by molar-refractivity contribution is 7.99. The highest BCUT2D eigenvalue weighted by Gasteiger charge is 2.49. The van der Waals surface area contributed by atoms with E-state index in [-0.39, 0.29) is 11.2 Å². The van der Waals surface area contributed by atoms with E-state index in [9.17, 15) is 0 Å². The summed E-state index contributed by atoms with van der Waals surface area (Å²) in [6.45, 7) is 3.92. The zero-order valence-corrected chi connectivity index (χ0v) is 14.5. The minimum Gasteiger partial charge on any atom is -0.374 e. The van der Waals surface area contributed by atoms with E-state index in [1.807, 2.05) is 0 Å². The molecule has 3 nitrogen and oxygen atoms in total. The number of likely N-dealkylation sites (N-methyl/N-ethyl adjacent to an activating group) is 1. The van der Waals surface area contributed by atoms with Gasteiger partial charge in [-0.15, -0.1) is 0 Å². The first kappa shape index (κ1) is 16.1. The molecule has 0 amide bonds. The molecule has 3 rings (SSSR count). The van der Waals surface area contributed by atoms with Crippen molar-refractivity contribution in [2.24, 2.45) is 5.92 Å². The predicted octanol–water partition coefficient (Wildman–Crippen LogP) is 3.23. The van der Waals surface area contributed by atoms with Crippen molar-refractivity contribution in [3.8, 4) is 0 Å². The summed E-state index contributed by atoms with van der Waals surface area (Å²) in [5.41, 5.74) is 0.257. The summed E-state index contributed by atoms with van der Waals surface area (Å²) in [7, 11) is 2.13. The van der Waals surface area contributed by atoms with E-state index in [1.54, 1.807) is 0 Å². The van der Waals surface area contributed by atoms with E-state index in [2.05, 4.69) is 31.1 Å². The van der Waals surface area contributed by atoms with Crippen LogP contribution in [-0.2, 0) is 9.47 Å². The number of nitrogens with one attached hydrogen (secondary N) is 1. The topological polar surface area (TPSA) is 30.5 Å². The van der Waals surface area contributed by atoms with E-state index >= 15 is 0 Å². The molecule has 0 aromatic heterocycles. The number of thioether (sulfide) groups is 1. The molecule has 0 aromatic carbocycles. The molecule has 4 heteroatoms. The average molecular weight is 314 g/mol. The normalized spacial score (nSPS) is 37.1. The molecular formula is C17H31NO2S. The van der Waals surface area contributed by atoms with Gasteiger partial charge in [-0.2, -0.15) is 11.8 Å². The van der Waals surface area contributed by atoms with E-state index in [0.29, 0.717) is 12.0 Å². The molecule has 21 heavy (non-hydrogen) atoms. The number of rotatable bonds is 5. The van der Waals surface area contributed by atoms with E-state index in [1.165, 1.54) is 56.5 Å². The van der Waals surface area contributed by atoms with Crippen LogP contribution >= 0.6 is 11.8 Å². The van der Waals surface area contributed by atoms with Crippen molar-refractivity contribution in [2.45, 2.75) is 69.1 Å². The minimum absolute atomic E-state index is 0.0818. The van der Waals surface area contributed by atoms with Gasteiger partial charge in [0.25, 0.3) is 0 Å². The van der Waals surface area contributed by atoms with Gasteiger partial charge in [0.05, 0.1) is 11.2 Å². The van der Waals surface area contributed by atoms with Crippen LogP contribution < -0.4 is 5.32 Å². The second-order valence-corrected chi connectivity index (χ2v) is 8.16. The van der Waals surface area contributed by atoms with Gasteiger partial charge in [-0.3, -0.25) is 0 Å². The minimum atomic E-state index is 0.0818. The van der Waals surface area contributed by atoms with Crippen LogP contribution in [-0.4, -0.2) is 49.0 Å². The Balaban J connectivity index is 1.75. The first-order valence-electron chi connectivity index (χ1n) is 8.77. The highest BCUT2D eigenvalue weighted by Crippen LogP contribution is 2.46. The number of hydrogen-bond acceptors (Lipinski definition) is 4. The lowest BCUT2D eigenvalue weighted by atomic mass is 9.74. The molecule has 1 spiro atoms. The van der Waals surface area contributed by atoms with Gasteiger partial charge in [0.2, 0.25) is 0 Å². The SMILES string of the molecule is CCOC1(C(NC)C2CCOC3(CCSC3)C2)CCCC1. The van der Waals surface area contributed by atoms with E-state index in [0.717, 1.165) is 13.2 Å². The molecule has 3 fully saturated rings. The van der Waals surface area contributed by atoms with Crippen molar-refractivity contribution in [1.82, 2.24) is 5.32 Å². The molecule has 0 aromatic rings. The summed E-state index contributed by atoms with van der Waals surface area (Å²) in [6.07, 6.45) is 8.75. The average Bonchev–Trinajstić information content (AvgIpc) is 3.11. The molecule has 122 valence electrons. The molecule has 0 radical (unpaired) electrons. The maximum atomic E-state index is 6.34. The van der Waals surface area contributed by atoms with Crippen LogP contribution in [0.15, 0.2) is 0 Å². The highest BCUT2D eigenvalue weighted by atomic mass is 32.2. The van der Waals surface area contributed by atoms with Crippen molar-refractivity contribution in [3.05, 3.63) is 0 Å². The van der Waals surface area contributed by atoms with Crippen LogP contribution in [0.2, 0.25) is 0 Å². The second kappa shape index (κ2) is 6.77. The van der Waals surface area contributed by atoms with Crippen molar-refractivity contribution in [3.63, 3.8) is 0 Å². The first-order chi connectivity index (χ1) is 10.2. The van der Waals surface area contributed by atoms with Crippen LogP contribution in [0.25, 0.3) is 0 Å². The summed E-state index contributed by atoms with van der Waals surface area (Å²) in [4.78, 5) is 0. The standard InChI is InChI=1S/C17H31NO2S/c1-3-19-17(7-4-5-8-17)15(18-2)14-6-10-20-16(12-14)9-11-21-13-16/h14-15,18H,3-13H2,1-2H3. The molecule has 2 aliphatic heterocycles. The summed E-state index contributed by atoms with van der Waals surface area (Å²) in [5, 5.41) is 3.66. The van der Waals surface area contributed by atoms with Gasteiger partial charge in [0.1, 0.15) is 0 Å². The van der Waals surface area contributed by atoms with Crippen LogP contribution in [0.1, 0.15) is 51.9 Å². The van der Waals surface area contributed by atoms with Crippen LogP contribution in [0.4, 0.5) is 0 Å². The maximum Gasteiger partial charge on any atom is 0.0837 e.